The van der Waals surface area contributed by atoms with E-state index < -0.39 is 0 Å². The molecule has 1 saturated heterocycles. The molecule has 4 heteroatoms. The van der Waals surface area contributed by atoms with E-state index in [1.54, 1.807) is 0 Å². The Morgan fingerprint density at radius 3 is 2.68 bits per heavy atom. The summed E-state index contributed by atoms with van der Waals surface area (Å²) in [5, 5.41) is 3.06. The molecule has 1 aliphatic rings. The number of ether oxygens (including phenoxy) is 1. The van der Waals surface area contributed by atoms with Gasteiger partial charge in [0.2, 0.25) is 5.91 Å². The second-order valence-electron chi connectivity index (χ2n) is 6.75. The predicted molar refractivity (Wildman–Crippen MR) is 78.1 cm³/mol. The van der Waals surface area contributed by atoms with Crippen LogP contribution in [0.5, 0.6) is 0 Å². The van der Waals surface area contributed by atoms with E-state index in [-0.39, 0.29) is 17.4 Å². The number of nitrogens with zero attached hydrogens (tertiary/aromatic N) is 1. The second kappa shape index (κ2) is 7.25. The summed E-state index contributed by atoms with van der Waals surface area (Å²) < 4.78 is 5.82. The summed E-state index contributed by atoms with van der Waals surface area (Å²) in [7, 11) is 1.99. The van der Waals surface area contributed by atoms with Crippen LogP contribution in [0.3, 0.4) is 0 Å². The van der Waals surface area contributed by atoms with Crippen LogP contribution >= 0.6 is 0 Å². The lowest BCUT2D eigenvalue weighted by molar-refractivity contribution is -0.122. The molecule has 4 nitrogen and oxygen atoms in total. The molecule has 1 amide bonds. The van der Waals surface area contributed by atoms with Gasteiger partial charge in [-0.05, 0) is 31.8 Å². The van der Waals surface area contributed by atoms with Crippen molar-refractivity contribution in [2.45, 2.75) is 46.6 Å². The monoisotopic (exact) mass is 270 g/mol. The molecule has 0 bridgehead atoms. The van der Waals surface area contributed by atoms with Crippen molar-refractivity contribution < 1.29 is 9.53 Å². The zero-order valence-corrected chi connectivity index (χ0v) is 13.2. The molecule has 1 aliphatic heterocycles. The summed E-state index contributed by atoms with van der Waals surface area (Å²) in [5.74, 6) is 0.566. The van der Waals surface area contributed by atoms with Crippen LogP contribution in [0, 0.1) is 11.3 Å². The van der Waals surface area contributed by atoms with Gasteiger partial charge in [0.05, 0.1) is 12.6 Å². The molecule has 0 aromatic carbocycles. The minimum absolute atomic E-state index is 0.121. The minimum atomic E-state index is 0.121. The van der Waals surface area contributed by atoms with Gasteiger partial charge in [0, 0.05) is 19.1 Å². The molecule has 1 rings (SSSR count). The third-order valence-corrected chi connectivity index (χ3v) is 3.65. The highest BCUT2D eigenvalue weighted by Gasteiger charge is 2.37. The molecular weight excluding hydrogens is 240 g/mol. The normalized spacial score (nSPS) is 23.9. The number of likely N-dealkylation sites (N-methyl/N-ethyl adjacent to an activating group) is 1. The van der Waals surface area contributed by atoms with Gasteiger partial charge >= 0.3 is 0 Å². The fraction of sp³-hybridized carbons (Fsp3) is 0.933. The zero-order valence-electron chi connectivity index (χ0n) is 13.2. The second-order valence-corrected chi connectivity index (χ2v) is 6.75. The standard InChI is InChI=1S/C15H30N2O2/c1-6-8-17(5)11-13(18)16-10-12-7-9-19-14(12)15(2,3)4/h12,14H,6-11H2,1-5H3,(H,16,18)/t12-,14+/m1/s1. The fourth-order valence-electron chi connectivity index (χ4n) is 2.81. The van der Waals surface area contributed by atoms with E-state index in [0.29, 0.717) is 12.5 Å². The Kier molecular flexibility index (Phi) is 6.27. The van der Waals surface area contributed by atoms with Gasteiger partial charge in [0.15, 0.2) is 0 Å². The average molecular weight is 270 g/mol. The SMILES string of the molecule is CCCN(C)CC(=O)NC[C@H]1CCO[C@@H]1C(C)(C)C. The minimum Gasteiger partial charge on any atom is -0.377 e. The lowest BCUT2D eigenvalue weighted by Crippen LogP contribution is -2.41. The van der Waals surface area contributed by atoms with Gasteiger partial charge in [0.25, 0.3) is 0 Å². The van der Waals surface area contributed by atoms with Crippen LogP contribution < -0.4 is 5.32 Å². The van der Waals surface area contributed by atoms with E-state index >= 15 is 0 Å². The number of nitrogens with one attached hydrogen (secondary N) is 1. The van der Waals surface area contributed by atoms with Crippen LogP contribution in [0.4, 0.5) is 0 Å². The number of carbonyl (C=O) groups is 1. The van der Waals surface area contributed by atoms with Crippen molar-refractivity contribution in [1.29, 1.82) is 0 Å². The van der Waals surface area contributed by atoms with Gasteiger partial charge in [-0.2, -0.15) is 0 Å². The van der Waals surface area contributed by atoms with Crippen molar-refractivity contribution in [2.75, 3.05) is 33.3 Å². The number of amides is 1. The van der Waals surface area contributed by atoms with Gasteiger partial charge in [-0.25, -0.2) is 0 Å². The number of rotatable bonds is 6. The molecule has 0 unspecified atom stereocenters. The Morgan fingerprint density at radius 2 is 2.11 bits per heavy atom. The summed E-state index contributed by atoms with van der Waals surface area (Å²) in [6, 6.07) is 0. The van der Waals surface area contributed by atoms with E-state index in [4.69, 9.17) is 4.74 Å². The Bertz CT molecular complexity index is 286. The van der Waals surface area contributed by atoms with Gasteiger partial charge < -0.3 is 10.1 Å². The molecule has 0 spiro atoms. The summed E-state index contributed by atoms with van der Waals surface area (Å²) in [6.07, 6.45) is 2.38. The van der Waals surface area contributed by atoms with Crippen LogP contribution in [0.15, 0.2) is 0 Å². The number of carbonyl (C=O) groups excluding carboxylic acids is 1. The summed E-state index contributed by atoms with van der Waals surface area (Å²) in [4.78, 5) is 13.9. The van der Waals surface area contributed by atoms with Crippen molar-refractivity contribution in [2.24, 2.45) is 11.3 Å². The highest BCUT2D eigenvalue weighted by Crippen LogP contribution is 2.34. The maximum absolute atomic E-state index is 11.8. The van der Waals surface area contributed by atoms with Crippen LogP contribution in [-0.2, 0) is 9.53 Å². The molecule has 0 aromatic rings. The van der Waals surface area contributed by atoms with Crippen molar-refractivity contribution in [3.63, 3.8) is 0 Å². The fourth-order valence-corrected chi connectivity index (χ4v) is 2.81. The first kappa shape index (κ1) is 16.4. The molecule has 112 valence electrons. The number of hydrogen-bond donors (Lipinski definition) is 1. The summed E-state index contributed by atoms with van der Waals surface area (Å²) in [6.45, 7) is 11.7. The zero-order chi connectivity index (χ0) is 14.5. The maximum atomic E-state index is 11.8. The summed E-state index contributed by atoms with van der Waals surface area (Å²) >= 11 is 0. The third-order valence-electron chi connectivity index (χ3n) is 3.65. The first-order chi connectivity index (χ1) is 8.84. The molecule has 1 N–H and O–H groups in total. The third kappa shape index (κ3) is 5.49. The van der Waals surface area contributed by atoms with Gasteiger partial charge in [0.1, 0.15) is 0 Å². The molecule has 1 heterocycles. The first-order valence-corrected chi connectivity index (χ1v) is 7.41. The molecule has 19 heavy (non-hydrogen) atoms. The van der Waals surface area contributed by atoms with E-state index in [9.17, 15) is 4.79 Å². The topological polar surface area (TPSA) is 41.6 Å². The van der Waals surface area contributed by atoms with E-state index in [2.05, 4.69) is 37.9 Å². The molecule has 0 saturated carbocycles. The van der Waals surface area contributed by atoms with Crippen LogP contribution in [0.1, 0.15) is 40.5 Å². The van der Waals surface area contributed by atoms with Crippen molar-refractivity contribution in [1.82, 2.24) is 10.2 Å². The quantitative estimate of drug-likeness (QED) is 0.801. The van der Waals surface area contributed by atoms with Crippen molar-refractivity contribution in [3.8, 4) is 0 Å². The lowest BCUT2D eigenvalue weighted by atomic mass is 9.81. The Labute approximate surface area is 117 Å². The maximum Gasteiger partial charge on any atom is 0.234 e. The van der Waals surface area contributed by atoms with E-state index in [1.807, 2.05) is 7.05 Å². The molecule has 0 aliphatic carbocycles. The van der Waals surface area contributed by atoms with Crippen molar-refractivity contribution in [3.05, 3.63) is 0 Å². The van der Waals surface area contributed by atoms with Gasteiger partial charge in [-0.15, -0.1) is 0 Å². The Balaban J connectivity index is 2.33. The van der Waals surface area contributed by atoms with E-state index in [0.717, 1.165) is 32.5 Å². The Morgan fingerprint density at radius 1 is 1.42 bits per heavy atom. The highest BCUT2D eigenvalue weighted by molar-refractivity contribution is 5.77. The predicted octanol–water partition coefficient (Wildman–Crippen LogP) is 1.90. The smallest absolute Gasteiger partial charge is 0.234 e. The van der Waals surface area contributed by atoms with Crippen molar-refractivity contribution >= 4 is 5.91 Å². The first-order valence-electron chi connectivity index (χ1n) is 7.41. The summed E-state index contributed by atoms with van der Waals surface area (Å²) in [5.41, 5.74) is 0.144. The molecule has 0 radical (unpaired) electrons. The number of hydrogen-bond acceptors (Lipinski definition) is 3. The average Bonchev–Trinajstić information content (AvgIpc) is 2.74. The Hall–Kier alpha value is -0.610. The van der Waals surface area contributed by atoms with E-state index in [1.165, 1.54) is 0 Å². The van der Waals surface area contributed by atoms with Crippen LogP contribution in [0.25, 0.3) is 0 Å². The molecule has 2 atom stereocenters. The molecule has 1 fully saturated rings. The largest absolute Gasteiger partial charge is 0.377 e. The van der Waals surface area contributed by atoms with Crippen LogP contribution in [-0.4, -0.2) is 50.2 Å². The highest BCUT2D eigenvalue weighted by atomic mass is 16.5. The lowest BCUT2D eigenvalue weighted by Gasteiger charge is -2.31. The van der Waals surface area contributed by atoms with Gasteiger partial charge in [-0.3, -0.25) is 9.69 Å². The molecule has 0 aromatic heterocycles. The van der Waals surface area contributed by atoms with Gasteiger partial charge in [-0.1, -0.05) is 27.7 Å². The molecular formula is C15H30N2O2. The van der Waals surface area contributed by atoms with Crippen LogP contribution in [0.2, 0.25) is 0 Å².